The van der Waals surface area contributed by atoms with Crippen LogP contribution >= 0.6 is 0 Å². The van der Waals surface area contributed by atoms with Gasteiger partial charge < -0.3 is 5.32 Å². The van der Waals surface area contributed by atoms with Gasteiger partial charge in [0, 0.05) is 18.7 Å². The summed E-state index contributed by atoms with van der Waals surface area (Å²) < 4.78 is 1.37. The number of fused-ring (bicyclic) bond motifs is 2. The molecule has 1 aromatic rings. The van der Waals surface area contributed by atoms with Crippen molar-refractivity contribution in [3.8, 4) is 0 Å². The Balaban J connectivity index is 1.66. The lowest BCUT2D eigenvalue weighted by Gasteiger charge is -2.28. The van der Waals surface area contributed by atoms with Gasteiger partial charge in [0.25, 0.3) is 11.5 Å². The van der Waals surface area contributed by atoms with Crippen molar-refractivity contribution < 1.29 is 4.79 Å². The molecule has 1 amide bonds. The third-order valence-electron chi connectivity index (χ3n) is 5.33. The Morgan fingerprint density at radius 2 is 2.23 bits per heavy atom. The van der Waals surface area contributed by atoms with Crippen LogP contribution in [0.15, 0.2) is 16.9 Å². The molecule has 0 saturated heterocycles. The minimum Gasteiger partial charge on any atom is -0.348 e. The summed E-state index contributed by atoms with van der Waals surface area (Å²) in [5.74, 6) is 2.09. The number of nitrogens with zero attached hydrogens (tertiary/aromatic N) is 2. The van der Waals surface area contributed by atoms with Crippen LogP contribution in [0, 0.1) is 17.8 Å². The molecule has 4 atom stereocenters. The lowest BCUT2D eigenvalue weighted by molar-refractivity contribution is 0.0907. The van der Waals surface area contributed by atoms with Gasteiger partial charge in [-0.1, -0.05) is 13.3 Å². The van der Waals surface area contributed by atoms with Crippen molar-refractivity contribution in [1.82, 2.24) is 15.1 Å². The maximum atomic E-state index is 12.4. The summed E-state index contributed by atoms with van der Waals surface area (Å²) in [4.78, 5) is 24.1. The number of hydrogen-bond donors (Lipinski definition) is 1. The molecule has 1 aromatic heterocycles. The number of aromatic nitrogens is 2. The first-order valence-electron chi connectivity index (χ1n) is 8.47. The Kier molecular flexibility index (Phi) is 4.32. The van der Waals surface area contributed by atoms with Gasteiger partial charge in [-0.25, -0.2) is 4.68 Å². The van der Waals surface area contributed by atoms with Gasteiger partial charge in [0.2, 0.25) is 0 Å². The molecule has 2 saturated carbocycles. The Hall–Kier alpha value is -1.65. The third kappa shape index (κ3) is 2.94. The smallest absolute Gasteiger partial charge is 0.271 e. The number of rotatable bonds is 5. The predicted octanol–water partition coefficient (Wildman–Crippen LogP) is 2.21. The lowest BCUT2D eigenvalue weighted by Crippen LogP contribution is -2.41. The van der Waals surface area contributed by atoms with E-state index in [-0.39, 0.29) is 17.5 Å². The van der Waals surface area contributed by atoms with Gasteiger partial charge in [0.15, 0.2) is 0 Å². The Labute approximate surface area is 131 Å². The zero-order chi connectivity index (χ0) is 15.7. The van der Waals surface area contributed by atoms with Crippen LogP contribution in [0.5, 0.6) is 0 Å². The highest BCUT2D eigenvalue weighted by atomic mass is 16.2. The SMILES string of the molecule is CCCn1nc(C(=O)N[C@H](C)[C@H]2C[C@@H]3CC[C@@H]2C3)ccc1=O. The summed E-state index contributed by atoms with van der Waals surface area (Å²) in [6.45, 7) is 4.63. The number of hydrogen-bond acceptors (Lipinski definition) is 3. The van der Waals surface area contributed by atoms with E-state index in [4.69, 9.17) is 0 Å². The molecule has 2 fully saturated rings. The van der Waals surface area contributed by atoms with Crippen molar-refractivity contribution in [2.24, 2.45) is 17.8 Å². The number of carbonyl (C=O) groups excluding carboxylic acids is 1. The normalized spacial score (nSPS) is 27.8. The first kappa shape index (κ1) is 15.3. The topological polar surface area (TPSA) is 64.0 Å². The van der Waals surface area contributed by atoms with E-state index in [1.807, 2.05) is 6.92 Å². The van der Waals surface area contributed by atoms with Crippen LogP contribution in [-0.2, 0) is 6.54 Å². The molecule has 1 heterocycles. The van der Waals surface area contributed by atoms with Gasteiger partial charge in [-0.2, -0.15) is 5.10 Å². The molecule has 0 aromatic carbocycles. The van der Waals surface area contributed by atoms with Crippen molar-refractivity contribution in [1.29, 1.82) is 0 Å². The number of amides is 1. The molecule has 2 aliphatic carbocycles. The van der Waals surface area contributed by atoms with Crippen molar-refractivity contribution in [3.63, 3.8) is 0 Å². The van der Waals surface area contributed by atoms with Crippen LogP contribution in [0.2, 0.25) is 0 Å². The Bertz CT molecular complexity index is 610. The molecule has 0 radical (unpaired) electrons. The second-order valence-corrected chi connectivity index (χ2v) is 6.88. The molecule has 2 bridgehead atoms. The number of carbonyl (C=O) groups is 1. The number of aryl methyl sites for hydroxylation is 1. The molecule has 0 aliphatic heterocycles. The van der Waals surface area contributed by atoms with Crippen LogP contribution in [0.1, 0.15) is 56.4 Å². The molecule has 1 N–H and O–H groups in total. The molecule has 5 nitrogen and oxygen atoms in total. The van der Waals surface area contributed by atoms with Crippen LogP contribution in [0.4, 0.5) is 0 Å². The maximum Gasteiger partial charge on any atom is 0.271 e. The van der Waals surface area contributed by atoms with Crippen molar-refractivity contribution in [3.05, 3.63) is 28.2 Å². The van der Waals surface area contributed by atoms with E-state index >= 15 is 0 Å². The summed E-state index contributed by atoms with van der Waals surface area (Å²) in [6.07, 6.45) is 6.08. The number of nitrogens with one attached hydrogen (secondary N) is 1. The van der Waals surface area contributed by atoms with Gasteiger partial charge in [0.05, 0.1) is 0 Å². The van der Waals surface area contributed by atoms with Gasteiger partial charge in [-0.05, 0) is 56.4 Å². The fourth-order valence-corrected chi connectivity index (χ4v) is 4.24. The summed E-state index contributed by atoms with van der Waals surface area (Å²) in [5.41, 5.74) is 0.183. The molecule has 0 spiro atoms. The molecule has 22 heavy (non-hydrogen) atoms. The van der Waals surface area contributed by atoms with Gasteiger partial charge in [0.1, 0.15) is 5.69 Å². The van der Waals surface area contributed by atoms with Gasteiger partial charge in [-0.3, -0.25) is 9.59 Å². The summed E-state index contributed by atoms with van der Waals surface area (Å²) in [7, 11) is 0. The summed E-state index contributed by atoms with van der Waals surface area (Å²) in [5, 5.41) is 7.28. The predicted molar refractivity (Wildman–Crippen MR) is 84.7 cm³/mol. The quantitative estimate of drug-likeness (QED) is 0.907. The molecule has 3 rings (SSSR count). The summed E-state index contributed by atoms with van der Waals surface area (Å²) in [6, 6.07) is 3.13. The second-order valence-electron chi connectivity index (χ2n) is 6.88. The third-order valence-corrected chi connectivity index (χ3v) is 5.33. The van der Waals surface area contributed by atoms with Gasteiger partial charge >= 0.3 is 0 Å². The molecular formula is C17H25N3O2. The largest absolute Gasteiger partial charge is 0.348 e. The highest BCUT2D eigenvalue weighted by Crippen LogP contribution is 2.49. The molecule has 120 valence electrons. The van der Waals surface area contributed by atoms with E-state index in [2.05, 4.69) is 17.3 Å². The average Bonchev–Trinajstić information content (AvgIpc) is 3.12. The first-order valence-corrected chi connectivity index (χ1v) is 8.47. The fraction of sp³-hybridized carbons (Fsp3) is 0.706. The average molecular weight is 303 g/mol. The van der Waals surface area contributed by atoms with Gasteiger partial charge in [-0.15, -0.1) is 0 Å². The van der Waals surface area contributed by atoms with Crippen LogP contribution in [0.25, 0.3) is 0 Å². The lowest BCUT2D eigenvalue weighted by atomic mass is 9.84. The fourth-order valence-electron chi connectivity index (χ4n) is 4.24. The van der Waals surface area contributed by atoms with E-state index in [1.165, 1.54) is 42.5 Å². The van der Waals surface area contributed by atoms with Crippen LogP contribution < -0.4 is 10.9 Å². The van der Waals surface area contributed by atoms with Crippen molar-refractivity contribution in [2.45, 2.75) is 58.5 Å². The molecule has 5 heteroatoms. The highest BCUT2D eigenvalue weighted by molar-refractivity contribution is 5.92. The van der Waals surface area contributed by atoms with E-state index in [1.54, 1.807) is 0 Å². The van der Waals surface area contributed by atoms with E-state index < -0.39 is 0 Å². The Morgan fingerprint density at radius 3 is 2.86 bits per heavy atom. The first-order chi connectivity index (χ1) is 10.6. The zero-order valence-electron chi connectivity index (χ0n) is 13.4. The van der Waals surface area contributed by atoms with E-state index in [0.717, 1.165) is 18.3 Å². The molecule has 2 aliphatic rings. The minimum absolute atomic E-state index is 0.153. The highest BCUT2D eigenvalue weighted by Gasteiger charge is 2.42. The zero-order valence-corrected chi connectivity index (χ0v) is 13.4. The van der Waals surface area contributed by atoms with E-state index in [9.17, 15) is 9.59 Å². The molecule has 0 unspecified atom stereocenters. The van der Waals surface area contributed by atoms with Crippen LogP contribution in [0.3, 0.4) is 0 Å². The summed E-state index contributed by atoms with van der Waals surface area (Å²) >= 11 is 0. The van der Waals surface area contributed by atoms with Crippen molar-refractivity contribution in [2.75, 3.05) is 0 Å². The monoisotopic (exact) mass is 303 g/mol. The molecular weight excluding hydrogens is 278 g/mol. The second kappa shape index (κ2) is 6.23. The van der Waals surface area contributed by atoms with Crippen molar-refractivity contribution >= 4 is 5.91 Å². The van der Waals surface area contributed by atoms with Crippen LogP contribution in [-0.4, -0.2) is 21.7 Å². The Morgan fingerprint density at radius 1 is 1.41 bits per heavy atom. The maximum absolute atomic E-state index is 12.4. The minimum atomic E-state index is -0.167. The standard InChI is InChI=1S/C17H25N3O2/c1-3-8-20-16(21)7-6-15(19-20)17(22)18-11(2)14-10-12-4-5-13(14)9-12/h6-7,11-14H,3-5,8-10H2,1-2H3,(H,18,22)/t11-,12-,13-,14-/m1/s1. The van der Waals surface area contributed by atoms with E-state index in [0.29, 0.717) is 18.2 Å².